The van der Waals surface area contributed by atoms with Gasteiger partial charge in [0, 0.05) is 28.3 Å². The summed E-state index contributed by atoms with van der Waals surface area (Å²) in [5.74, 6) is 0. The predicted octanol–water partition coefficient (Wildman–Crippen LogP) is 4.56. The molecule has 0 bridgehead atoms. The summed E-state index contributed by atoms with van der Waals surface area (Å²) >= 11 is 1.10. The first kappa shape index (κ1) is 22.6. The minimum absolute atomic E-state index is 0.0990. The highest BCUT2D eigenvalue weighted by Crippen LogP contribution is 2.38. The second-order valence-electron chi connectivity index (χ2n) is 8.13. The maximum atomic E-state index is 12.5. The molecule has 4 aromatic rings. The molecule has 0 aliphatic heterocycles. The molecule has 0 amide bonds. The molecule has 0 atom stereocenters. The van der Waals surface area contributed by atoms with Crippen molar-refractivity contribution in [2.24, 2.45) is 5.14 Å². The molecule has 2 aromatic heterocycles. The van der Waals surface area contributed by atoms with Gasteiger partial charge in [-0.1, -0.05) is 24.3 Å². The average Bonchev–Trinajstić information content (AvgIpc) is 3.23. The van der Waals surface area contributed by atoms with E-state index in [-0.39, 0.29) is 4.21 Å². The first-order valence-electron chi connectivity index (χ1n) is 9.70. The van der Waals surface area contributed by atoms with Crippen molar-refractivity contribution in [3.05, 3.63) is 72.4 Å². The van der Waals surface area contributed by atoms with Gasteiger partial charge in [-0.15, -0.1) is 11.3 Å². The molecule has 0 saturated carbocycles. The van der Waals surface area contributed by atoms with Gasteiger partial charge in [0.2, 0.25) is 10.0 Å². The van der Waals surface area contributed by atoms with E-state index in [9.17, 15) is 16.8 Å². The fourth-order valence-electron chi connectivity index (χ4n) is 3.44. The van der Waals surface area contributed by atoms with Crippen LogP contribution in [0.3, 0.4) is 0 Å². The zero-order valence-corrected chi connectivity index (χ0v) is 20.2. The topological polar surface area (TPSA) is 107 Å². The van der Waals surface area contributed by atoms with Crippen molar-refractivity contribution in [1.29, 1.82) is 0 Å². The van der Waals surface area contributed by atoms with E-state index in [1.54, 1.807) is 26.1 Å². The van der Waals surface area contributed by atoms with Crippen molar-refractivity contribution < 1.29 is 16.8 Å². The Bertz CT molecular complexity index is 1550. The molecule has 0 aliphatic carbocycles. The maximum absolute atomic E-state index is 12.5. The quantitative estimate of drug-likeness (QED) is 0.445. The van der Waals surface area contributed by atoms with Crippen LogP contribution in [0.4, 0.5) is 0 Å². The Morgan fingerprint density at radius 1 is 0.906 bits per heavy atom. The lowest BCUT2D eigenvalue weighted by molar-refractivity contribution is 0.561. The van der Waals surface area contributed by atoms with Crippen LogP contribution < -0.4 is 5.14 Å². The van der Waals surface area contributed by atoms with Crippen LogP contribution in [-0.4, -0.2) is 28.1 Å². The lowest BCUT2D eigenvalue weighted by atomic mass is 9.93. The van der Waals surface area contributed by atoms with E-state index in [1.165, 1.54) is 12.3 Å². The maximum Gasteiger partial charge on any atom is 0.247 e. The molecular formula is C23H22N2O4S3. The van der Waals surface area contributed by atoms with Crippen molar-refractivity contribution >= 4 is 42.1 Å². The van der Waals surface area contributed by atoms with Gasteiger partial charge in [-0.05, 0) is 66.9 Å². The second kappa shape index (κ2) is 7.77. The highest BCUT2D eigenvalue weighted by molar-refractivity contribution is 7.91. The Morgan fingerprint density at radius 2 is 1.62 bits per heavy atom. The smallest absolute Gasteiger partial charge is 0.247 e. The Balaban J connectivity index is 1.92. The number of pyridine rings is 1. The van der Waals surface area contributed by atoms with E-state index in [2.05, 4.69) is 4.98 Å². The Labute approximate surface area is 191 Å². The molecule has 32 heavy (non-hydrogen) atoms. The van der Waals surface area contributed by atoms with Crippen LogP contribution in [-0.2, 0) is 24.6 Å². The molecule has 2 heterocycles. The molecule has 0 aliphatic rings. The SMILES string of the molecule is CC(C)(c1cc(-c2cccc(-c3ccc(S(N)(=O)=O)s3)c2)c2ncccc2c1)S(C)(=O)=O. The van der Waals surface area contributed by atoms with Gasteiger partial charge in [-0.3, -0.25) is 4.98 Å². The third kappa shape index (κ3) is 4.09. The number of benzene rings is 2. The number of aromatic nitrogens is 1. The van der Waals surface area contributed by atoms with Crippen molar-refractivity contribution in [2.45, 2.75) is 22.8 Å². The van der Waals surface area contributed by atoms with Gasteiger partial charge in [0.05, 0.1) is 10.3 Å². The average molecular weight is 487 g/mol. The minimum Gasteiger partial charge on any atom is -0.256 e. The van der Waals surface area contributed by atoms with Gasteiger partial charge in [0.15, 0.2) is 9.84 Å². The van der Waals surface area contributed by atoms with Crippen molar-refractivity contribution in [2.75, 3.05) is 6.26 Å². The number of sulfonamides is 1. The summed E-state index contributed by atoms with van der Waals surface area (Å²) < 4.78 is 47.3. The molecule has 0 spiro atoms. The number of sulfone groups is 1. The first-order chi connectivity index (χ1) is 14.9. The molecule has 2 N–H and O–H groups in total. The van der Waals surface area contributed by atoms with E-state index in [0.717, 1.165) is 43.8 Å². The molecule has 0 unspecified atom stereocenters. The minimum atomic E-state index is -3.77. The number of primary sulfonamides is 1. The number of fused-ring (bicyclic) bond motifs is 1. The molecule has 2 aromatic carbocycles. The number of hydrogen-bond donors (Lipinski definition) is 1. The van der Waals surface area contributed by atoms with Gasteiger partial charge >= 0.3 is 0 Å². The lowest BCUT2D eigenvalue weighted by Gasteiger charge is -2.24. The van der Waals surface area contributed by atoms with E-state index in [4.69, 9.17) is 5.14 Å². The zero-order valence-electron chi connectivity index (χ0n) is 17.7. The second-order valence-corrected chi connectivity index (χ2v) is 13.6. The molecule has 0 fully saturated rings. The highest BCUT2D eigenvalue weighted by Gasteiger charge is 2.33. The fraction of sp³-hybridized carbons (Fsp3) is 0.174. The predicted molar refractivity (Wildman–Crippen MR) is 130 cm³/mol. The van der Waals surface area contributed by atoms with Crippen molar-refractivity contribution in [3.8, 4) is 21.6 Å². The Hall–Kier alpha value is -2.59. The molecule has 6 nitrogen and oxygen atoms in total. The van der Waals surface area contributed by atoms with Gasteiger partial charge in [-0.25, -0.2) is 22.0 Å². The Morgan fingerprint density at radius 3 is 2.28 bits per heavy atom. The standard InChI is InChI=1S/C23H22N2O4S3/c1-23(2,31(3,26)27)18-13-17-8-5-11-25-22(17)19(14-18)15-6-4-7-16(12-15)20-9-10-21(30-20)32(24,28)29/h4-14H,1-3H3,(H2,24,28,29). The number of rotatable bonds is 5. The lowest BCUT2D eigenvalue weighted by Crippen LogP contribution is -2.28. The number of nitrogens with two attached hydrogens (primary N) is 1. The summed E-state index contributed by atoms with van der Waals surface area (Å²) in [5.41, 5.74) is 3.92. The summed E-state index contributed by atoms with van der Waals surface area (Å²) in [7, 11) is -7.14. The molecular weight excluding hydrogens is 464 g/mol. The van der Waals surface area contributed by atoms with Gasteiger partial charge in [0.1, 0.15) is 4.21 Å². The number of thiophene rings is 1. The third-order valence-electron chi connectivity index (χ3n) is 5.65. The highest BCUT2D eigenvalue weighted by atomic mass is 32.2. The van der Waals surface area contributed by atoms with E-state index in [0.29, 0.717) is 5.56 Å². The van der Waals surface area contributed by atoms with E-state index >= 15 is 0 Å². The largest absolute Gasteiger partial charge is 0.256 e. The van der Waals surface area contributed by atoms with Crippen molar-refractivity contribution in [3.63, 3.8) is 0 Å². The molecule has 4 rings (SSSR count). The summed E-state index contributed by atoms with van der Waals surface area (Å²) in [6, 6.07) is 18.3. The van der Waals surface area contributed by atoms with Crippen molar-refractivity contribution in [1.82, 2.24) is 4.98 Å². The van der Waals surface area contributed by atoms with Crippen LogP contribution in [0.2, 0.25) is 0 Å². The fourth-order valence-corrected chi connectivity index (χ4v) is 5.71. The zero-order chi connectivity index (χ0) is 23.3. The van der Waals surface area contributed by atoms with Crippen LogP contribution in [0, 0.1) is 0 Å². The summed E-state index contributed by atoms with van der Waals surface area (Å²) in [6.07, 6.45) is 2.94. The summed E-state index contributed by atoms with van der Waals surface area (Å²) in [6.45, 7) is 3.39. The monoisotopic (exact) mass is 486 g/mol. The van der Waals surface area contributed by atoms with Crippen LogP contribution in [0.5, 0.6) is 0 Å². The Kier molecular flexibility index (Phi) is 5.49. The van der Waals surface area contributed by atoms with Gasteiger partial charge in [0.25, 0.3) is 0 Å². The molecule has 9 heteroatoms. The normalized spacial score (nSPS) is 12.9. The van der Waals surface area contributed by atoms with Crippen LogP contribution in [0.1, 0.15) is 19.4 Å². The summed E-state index contributed by atoms with van der Waals surface area (Å²) in [4.78, 5) is 5.30. The van der Waals surface area contributed by atoms with Crippen LogP contribution in [0.15, 0.2) is 71.1 Å². The molecule has 0 saturated heterocycles. The summed E-state index contributed by atoms with van der Waals surface area (Å²) in [5, 5.41) is 6.09. The number of hydrogen-bond acceptors (Lipinski definition) is 6. The molecule has 0 radical (unpaired) electrons. The van der Waals surface area contributed by atoms with Gasteiger partial charge in [-0.2, -0.15) is 0 Å². The number of nitrogens with zero attached hydrogens (tertiary/aromatic N) is 1. The first-order valence-corrected chi connectivity index (χ1v) is 14.0. The van der Waals surface area contributed by atoms with Crippen LogP contribution in [0.25, 0.3) is 32.5 Å². The third-order valence-corrected chi connectivity index (χ3v) is 10.3. The van der Waals surface area contributed by atoms with E-state index < -0.39 is 24.6 Å². The van der Waals surface area contributed by atoms with E-state index in [1.807, 2.05) is 48.5 Å². The molecule has 166 valence electrons. The van der Waals surface area contributed by atoms with Crippen LogP contribution >= 0.6 is 11.3 Å². The van der Waals surface area contributed by atoms with Gasteiger partial charge < -0.3 is 0 Å².